The summed E-state index contributed by atoms with van der Waals surface area (Å²) in [6.07, 6.45) is 8.13. The number of ether oxygens (including phenoxy) is 2. The highest BCUT2D eigenvalue weighted by Gasteiger charge is 2.15. The van der Waals surface area contributed by atoms with Crippen molar-refractivity contribution in [3.63, 3.8) is 0 Å². The minimum atomic E-state index is 0. The third-order valence-electron chi connectivity index (χ3n) is 3.68. The highest BCUT2D eigenvalue weighted by Crippen LogP contribution is 2.22. The summed E-state index contributed by atoms with van der Waals surface area (Å²) in [5.74, 6) is 1.11. The molecule has 6 nitrogen and oxygen atoms in total. The van der Waals surface area contributed by atoms with Gasteiger partial charge in [-0.15, -0.1) is 24.0 Å². The smallest absolute Gasteiger partial charge is 0.213 e. The lowest BCUT2D eigenvalue weighted by Crippen LogP contribution is -2.34. The van der Waals surface area contributed by atoms with Crippen molar-refractivity contribution in [3.05, 3.63) is 23.9 Å². The number of rotatable bonds is 7. The van der Waals surface area contributed by atoms with Crippen LogP contribution in [0.5, 0.6) is 5.88 Å². The number of nitrogens with one attached hydrogen (secondary N) is 1. The molecule has 0 aromatic carbocycles. The van der Waals surface area contributed by atoms with Crippen LogP contribution in [0.1, 0.15) is 37.7 Å². The molecule has 1 heterocycles. The molecule has 1 aliphatic carbocycles. The minimum absolute atomic E-state index is 0. The predicted molar refractivity (Wildman–Crippen MR) is 102 cm³/mol. The Morgan fingerprint density at radius 3 is 2.91 bits per heavy atom. The van der Waals surface area contributed by atoms with Crippen LogP contribution in [0.2, 0.25) is 0 Å². The quantitative estimate of drug-likeness (QED) is 0.298. The third kappa shape index (κ3) is 7.83. The second-order valence-electron chi connectivity index (χ2n) is 5.50. The molecule has 1 aliphatic rings. The van der Waals surface area contributed by atoms with Gasteiger partial charge in [-0.3, -0.25) is 0 Å². The summed E-state index contributed by atoms with van der Waals surface area (Å²) < 4.78 is 10.9. The number of nitrogens with two attached hydrogens (primary N) is 1. The summed E-state index contributed by atoms with van der Waals surface area (Å²) in [5.41, 5.74) is 6.83. The van der Waals surface area contributed by atoms with Gasteiger partial charge in [0, 0.05) is 25.9 Å². The Bertz CT molecular complexity index is 479. The molecule has 3 N–H and O–H groups in total. The van der Waals surface area contributed by atoms with Gasteiger partial charge in [-0.1, -0.05) is 6.42 Å². The number of methoxy groups -OCH3 is 1. The maximum absolute atomic E-state index is 5.96. The van der Waals surface area contributed by atoms with E-state index >= 15 is 0 Å². The van der Waals surface area contributed by atoms with E-state index in [2.05, 4.69) is 15.3 Å². The normalized spacial score (nSPS) is 15.8. The van der Waals surface area contributed by atoms with Crippen molar-refractivity contribution < 1.29 is 9.47 Å². The molecular weight excluding hydrogens is 407 g/mol. The van der Waals surface area contributed by atoms with Crippen molar-refractivity contribution in [3.8, 4) is 5.88 Å². The number of hydrogen-bond acceptors (Lipinski definition) is 4. The predicted octanol–water partition coefficient (Wildman–Crippen LogP) is 2.46. The van der Waals surface area contributed by atoms with Gasteiger partial charge >= 0.3 is 0 Å². The van der Waals surface area contributed by atoms with Gasteiger partial charge in [0.1, 0.15) is 6.10 Å². The van der Waals surface area contributed by atoms with Crippen LogP contribution in [0, 0.1) is 0 Å². The molecule has 0 atom stereocenters. The molecular formula is C16H27IN4O2. The van der Waals surface area contributed by atoms with Crippen LogP contribution >= 0.6 is 24.0 Å². The zero-order chi connectivity index (χ0) is 15.6. The molecule has 1 aromatic rings. The topological polar surface area (TPSA) is 81.8 Å². The number of hydrogen-bond donors (Lipinski definition) is 2. The second kappa shape index (κ2) is 11.4. The minimum Gasteiger partial charge on any atom is -0.474 e. The van der Waals surface area contributed by atoms with E-state index in [9.17, 15) is 0 Å². The average Bonchev–Trinajstić information content (AvgIpc) is 2.55. The van der Waals surface area contributed by atoms with Crippen LogP contribution in [0.4, 0.5) is 0 Å². The monoisotopic (exact) mass is 434 g/mol. The van der Waals surface area contributed by atoms with Crippen LogP contribution in [0.3, 0.4) is 0 Å². The summed E-state index contributed by atoms with van der Waals surface area (Å²) in [6.45, 7) is 1.76. The molecule has 7 heteroatoms. The van der Waals surface area contributed by atoms with E-state index in [1.807, 2.05) is 12.1 Å². The maximum atomic E-state index is 5.96. The summed E-state index contributed by atoms with van der Waals surface area (Å²) in [6, 6.07) is 3.88. The Kier molecular flexibility index (Phi) is 9.93. The molecule has 130 valence electrons. The van der Waals surface area contributed by atoms with Crippen LogP contribution in [-0.4, -0.2) is 37.3 Å². The average molecular weight is 434 g/mol. The van der Waals surface area contributed by atoms with Crippen molar-refractivity contribution in [1.82, 2.24) is 10.3 Å². The lowest BCUT2D eigenvalue weighted by atomic mass is 9.98. The van der Waals surface area contributed by atoms with Gasteiger partial charge in [0.05, 0.1) is 13.2 Å². The Labute approximate surface area is 155 Å². The molecule has 1 saturated carbocycles. The van der Waals surface area contributed by atoms with Gasteiger partial charge in [0.15, 0.2) is 5.96 Å². The number of aliphatic imine (C=N–C) groups is 1. The van der Waals surface area contributed by atoms with Gasteiger partial charge in [0.2, 0.25) is 5.88 Å². The van der Waals surface area contributed by atoms with E-state index < -0.39 is 0 Å². The molecule has 2 rings (SSSR count). The van der Waals surface area contributed by atoms with Gasteiger partial charge in [0.25, 0.3) is 0 Å². The van der Waals surface area contributed by atoms with Crippen molar-refractivity contribution in [2.45, 2.75) is 44.8 Å². The van der Waals surface area contributed by atoms with Crippen molar-refractivity contribution >= 4 is 29.9 Å². The molecule has 0 spiro atoms. The summed E-state index contributed by atoms with van der Waals surface area (Å²) >= 11 is 0. The van der Waals surface area contributed by atoms with Crippen molar-refractivity contribution in [2.75, 3.05) is 20.3 Å². The fourth-order valence-corrected chi connectivity index (χ4v) is 2.48. The summed E-state index contributed by atoms with van der Waals surface area (Å²) in [7, 11) is 1.65. The van der Waals surface area contributed by atoms with Crippen LogP contribution < -0.4 is 15.8 Å². The Balaban J connectivity index is 0.00000264. The lowest BCUT2D eigenvalue weighted by molar-refractivity contribution is 0.148. The Hall–Kier alpha value is -1.09. The van der Waals surface area contributed by atoms with E-state index in [-0.39, 0.29) is 24.0 Å². The first-order valence-electron chi connectivity index (χ1n) is 7.92. The van der Waals surface area contributed by atoms with E-state index in [0.29, 0.717) is 37.6 Å². The molecule has 1 fully saturated rings. The largest absolute Gasteiger partial charge is 0.474 e. The highest BCUT2D eigenvalue weighted by molar-refractivity contribution is 14.0. The third-order valence-corrected chi connectivity index (χ3v) is 3.68. The van der Waals surface area contributed by atoms with E-state index in [1.54, 1.807) is 13.3 Å². The number of aromatic nitrogens is 1. The second-order valence-corrected chi connectivity index (χ2v) is 5.50. The first kappa shape index (κ1) is 20.0. The summed E-state index contributed by atoms with van der Waals surface area (Å²) in [4.78, 5) is 8.59. The molecule has 23 heavy (non-hydrogen) atoms. The fourth-order valence-electron chi connectivity index (χ4n) is 2.48. The lowest BCUT2D eigenvalue weighted by Gasteiger charge is -2.22. The highest BCUT2D eigenvalue weighted by atomic mass is 127. The van der Waals surface area contributed by atoms with E-state index in [4.69, 9.17) is 15.2 Å². The standard InChI is InChI=1S/C16H26N4O2.HI/c1-21-10-9-19-16(17)20-12-13-7-8-18-15(11-13)22-14-5-3-2-4-6-14;/h7-8,11,14H,2-6,9-10,12H2,1H3,(H3,17,19,20);1H. The zero-order valence-corrected chi connectivity index (χ0v) is 16.0. The number of pyridine rings is 1. The zero-order valence-electron chi connectivity index (χ0n) is 13.7. The van der Waals surface area contributed by atoms with Crippen molar-refractivity contribution in [1.29, 1.82) is 0 Å². The Morgan fingerprint density at radius 2 is 2.17 bits per heavy atom. The van der Waals surface area contributed by atoms with Gasteiger partial charge in [-0.05, 0) is 37.3 Å². The van der Waals surface area contributed by atoms with Crippen LogP contribution in [0.25, 0.3) is 0 Å². The molecule has 0 amide bonds. The van der Waals surface area contributed by atoms with Crippen LogP contribution in [-0.2, 0) is 11.3 Å². The van der Waals surface area contributed by atoms with E-state index in [0.717, 1.165) is 18.4 Å². The molecule has 0 saturated heterocycles. The van der Waals surface area contributed by atoms with Crippen molar-refractivity contribution in [2.24, 2.45) is 10.7 Å². The summed E-state index contributed by atoms with van der Waals surface area (Å²) in [5, 5.41) is 2.99. The maximum Gasteiger partial charge on any atom is 0.213 e. The molecule has 0 bridgehead atoms. The number of halogens is 1. The van der Waals surface area contributed by atoms with Gasteiger partial charge in [-0.2, -0.15) is 0 Å². The van der Waals surface area contributed by atoms with Gasteiger partial charge < -0.3 is 20.5 Å². The fraction of sp³-hybridized carbons (Fsp3) is 0.625. The van der Waals surface area contributed by atoms with Crippen LogP contribution in [0.15, 0.2) is 23.3 Å². The molecule has 0 aliphatic heterocycles. The SMILES string of the molecule is COCCNC(N)=NCc1ccnc(OC2CCCCC2)c1.I. The Morgan fingerprint density at radius 1 is 1.39 bits per heavy atom. The first-order chi connectivity index (χ1) is 10.8. The molecule has 0 radical (unpaired) electrons. The van der Waals surface area contributed by atoms with Gasteiger partial charge in [-0.25, -0.2) is 9.98 Å². The molecule has 0 unspecified atom stereocenters. The number of nitrogens with zero attached hydrogens (tertiary/aromatic N) is 2. The first-order valence-corrected chi connectivity index (χ1v) is 7.92. The molecule has 1 aromatic heterocycles. The number of guanidine groups is 1. The van der Waals surface area contributed by atoms with E-state index in [1.165, 1.54) is 19.3 Å².